The summed E-state index contributed by atoms with van der Waals surface area (Å²) >= 11 is 0. The van der Waals surface area contributed by atoms with Crippen LogP contribution in [0.3, 0.4) is 0 Å². The first-order valence-electron chi connectivity index (χ1n) is 26.1. The first-order valence-corrected chi connectivity index (χ1v) is 26.1. The van der Waals surface area contributed by atoms with Crippen molar-refractivity contribution in [2.45, 2.75) is 271 Å². The van der Waals surface area contributed by atoms with E-state index in [4.69, 9.17) is 14.2 Å². The molecule has 354 valence electrons. The van der Waals surface area contributed by atoms with Crippen molar-refractivity contribution in [3.63, 3.8) is 0 Å². The third-order valence-electron chi connectivity index (χ3n) is 11.3. The average molecular weight is 855 g/mol. The number of esters is 3. The fraction of sp³-hybridized carbons (Fsp3) is 0.800. The maximum Gasteiger partial charge on any atom is 0.306 e. The van der Waals surface area contributed by atoms with Gasteiger partial charge in [-0.3, -0.25) is 14.4 Å². The maximum absolute atomic E-state index is 12.8. The predicted octanol–water partition coefficient (Wildman–Crippen LogP) is 17.1. The van der Waals surface area contributed by atoms with Gasteiger partial charge in [0.2, 0.25) is 0 Å². The van der Waals surface area contributed by atoms with Crippen LogP contribution in [0.2, 0.25) is 0 Å². The molecule has 0 N–H and O–H groups in total. The van der Waals surface area contributed by atoms with Gasteiger partial charge >= 0.3 is 17.9 Å². The normalized spacial score (nSPS) is 12.4. The minimum atomic E-state index is -0.787. The lowest BCUT2D eigenvalue weighted by Gasteiger charge is -2.18. The van der Waals surface area contributed by atoms with E-state index in [1.165, 1.54) is 122 Å². The number of unbranched alkanes of at least 4 members (excludes halogenated alkanes) is 28. The lowest BCUT2D eigenvalue weighted by Crippen LogP contribution is -2.30. The van der Waals surface area contributed by atoms with Crippen LogP contribution in [0.5, 0.6) is 0 Å². The number of rotatable bonds is 47. The molecule has 0 aromatic heterocycles. The second-order valence-electron chi connectivity index (χ2n) is 17.4. The van der Waals surface area contributed by atoms with Gasteiger partial charge in [-0.2, -0.15) is 0 Å². The van der Waals surface area contributed by atoms with E-state index in [9.17, 15) is 14.4 Å². The van der Waals surface area contributed by atoms with Crippen LogP contribution in [0.25, 0.3) is 0 Å². The molecule has 1 unspecified atom stereocenters. The zero-order valence-electron chi connectivity index (χ0n) is 40.4. The predicted molar refractivity (Wildman–Crippen MR) is 261 cm³/mol. The molecule has 0 bridgehead atoms. The summed E-state index contributed by atoms with van der Waals surface area (Å²) in [5.74, 6) is -0.915. The molecule has 1 atom stereocenters. The highest BCUT2D eigenvalue weighted by molar-refractivity contribution is 5.71. The van der Waals surface area contributed by atoms with Gasteiger partial charge in [-0.15, -0.1) is 0 Å². The molecule has 0 aliphatic carbocycles. The van der Waals surface area contributed by atoms with Crippen molar-refractivity contribution in [2.24, 2.45) is 0 Å². The Bertz CT molecular complexity index is 1070. The summed E-state index contributed by atoms with van der Waals surface area (Å²) in [6.45, 7) is 6.51. The van der Waals surface area contributed by atoms with Crippen LogP contribution in [0.15, 0.2) is 48.6 Å². The molecular weight excluding hydrogens is 757 g/mol. The summed E-state index contributed by atoms with van der Waals surface area (Å²) in [7, 11) is 0. The largest absolute Gasteiger partial charge is 0.462 e. The van der Waals surface area contributed by atoms with Gasteiger partial charge in [-0.25, -0.2) is 0 Å². The number of allylic oxidation sites excluding steroid dienone is 8. The standard InChI is InChI=1S/C55H98O6/c1-4-7-10-13-16-19-22-25-28-31-33-36-39-42-45-48-54(57)60-51-52(61-55(58)49-46-43-40-37-34-30-27-24-21-18-15-12-9-6-3)50-59-53(56)47-44-41-38-35-32-29-26-23-20-17-14-11-8-5-2/h9,12,18,21,27,29-30,32,52H,4-8,10-11,13-17,19-20,22-26,28,31,33-51H2,1-3H3/b12-9-,21-18-,30-27-,32-29-. The van der Waals surface area contributed by atoms with Gasteiger partial charge in [0.05, 0.1) is 0 Å². The Labute approximate surface area is 378 Å². The van der Waals surface area contributed by atoms with Crippen molar-refractivity contribution in [3.8, 4) is 0 Å². The van der Waals surface area contributed by atoms with Gasteiger partial charge in [0, 0.05) is 19.3 Å². The number of carbonyl (C=O) groups is 3. The fourth-order valence-electron chi connectivity index (χ4n) is 7.39. The zero-order valence-corrected chi connectivity index (χ0v) is 40.4. The molecular formula is C55H98O6. The molecule has 0 heterocycles. The Morgan fingerprint density at radius 1 is 0.344 bits per heavy atom. The van der Waals surface area contributed by atoms with Gasteiger partial charge in [0.25, 0.3) is 0 Å². The second-order valence-corrected chi connectivity index (χ2v) is 17.4. The first kappa shape index (κ1) is 58.4. The summed E-state index contributed by atoms with van der Waals surface area (Å²) in [6, 6.07) is 0. The van der Waals surface area contributed by atoms with Gasteiger partial charge in [-0.1, -0.05) is 217 Å². The van der Waals surface area contributed by atoms with E-state index in [0.717, 1.165) is 103 Å². The molecule has 0 amide bonds. The van der Waals surface area contributed by atoms with Crippen LogP contribution in [0.1, 0.15) is 265 Å². The molecule has 0 aliphatic heterocycles. The highest BCUT2D eigenvalue weighted by Crippen LogP contribution is 2.15. The number of carbonyl (C=O) groups excluding carboxylic acids is 3. The first-order chi connectivity index (χ1) is 30.0. The maximum atomic E-state index is 12.8. The number of hydrogen-bond acceptors (Lipinski definition) is 6. The molecule has 6 nitrogen and oxygen atoms in total. The van der Waals surface area contributed by atoms with Crippen LogP contribution in [0.4, 0.5) is 0 Å². The SMILES string of the molecule is CC/C=C\C/C=C\C/C=C\CCCCCCC(=O)OC(COC(=O)CCCCC/C=C\CCCCCCCCC)COC(=O)CCCCCCCCCCCCCCCCC. The lowest BCUT2D eigenvalue weighted by molar-refractivity contribution is -0.167. The molecule has 0 saturated carbocycles. The highest BCUT2D eigenvalue weighted by Gasteiger charge is 2.19. The smallest absolute Gasteiger partial charge is 0.306 e. The average Bonchev–Trinajstić information content (AvgIpc) is 3.26. The van der Waals surface area contributed by atoms with Gasteiger partial charge in [-0.05, 0) is 77.0 Å². The third-order valence-corrected chi connectivity index (χ3v) is 11.3. The van der Waals surface area contributed by atoms with Crippen LogP contribution in [0, 0.1) is 0 Å². The van der Waals surface area contributed by atoms with E-state index >= 15 is 0 Å². The van der Waals surface area contributed by atoms with E-state index < -0.39 is 6.10 Å². The Kier molecular flexibility index (Phi) is 47.9. The Morgan fingerprint density at radius 2 is 0.639 bits per heavy atom. The number of ether oxygens (including phenoxy) is 3. The van der Waals surface area contributed by atoms with E-state index in [0.29, 0.717) is 19.3 Å². The molecule has 0 fully saturated rings. The minimum absolute atomic E-state index is 0.0846. The topological polar surface area (TPSA) is 78.9 Å². The summed E-state index contributed by atoms with van der Waals surface area (Å²) in [5.41, 5.74) is 0. The van der Waals surface area contributed by atoms with Crippen LogP contribution in [-0.4, -0.2) is 37.2 Å². The van der Waals surface area contributed by atoms with Crippen molar-refractivity contribution in [1.82, 2.24) is 0 Å². The monoisotopic (exact) mass is 855 g/mol. The van der Waals surface area contributed by atoms with Gasteiger partial charge < -0.3 is 14.2 Å². The molecule has 0 saturated heterocycles. The Hall–Kier alpha value is -2.63. The van der Waals surface area contributed by atoms with Crippen LogP contribution in [-0.2, 0) is 28.6 Å². The summed E-state index contributed by atoms with van der Waals surface area (Å²) in [6.07, 6.45) is 59.5. The molecule has 0 radical (unpaired) electrons. The quantitative estimate of drug-likeness (QED) is 0.0263. The summed E-state index contributed by atoms with van der Waals surface area (Å²) in [5, 5.41) is 0. The van der Waals surface area contributed by atoms with Crippen LogP contribution >= 0.6 is 0 Å². The minimum Gasteiger partial charge on any atom is -0.462 e. The molecule has 0 aliphatic rings. The second kappa shape index (κ2) is 50.0. The lowest BCUT2D eigenvalue weighted by atomic mass is 10.0. The molecule has 61 heavy (non-hydrogen) atoms. The Balaban J connectivity index is 4.41. The van der Waals surface area contributed by atoms with E-state index in [-0.39, 0.29) is 31.1 Å². The molecule has 0 aromatic carbocycles. The molecule has 0 rings (SSSR count). The van der Waals surface area contributed by atoms with Gasteiger partial charge in [0.15, 0.2) is 6.10 Å². The molecule has 6 heteroatoms. The van der Waals surface area contributed by atoms with Crippen molar-refractivity contribution in [3.05, 3.63) is 48.6 Å². The zero-order chi connectivity index (χ0) is 44.4. The van der Waals surface area contributed by atoms with E-state index in [2.05, 4.69) is 69.4 Å². The highest BCUT2D eigenvalue weighted by atomic mass is 16.6. The van der Waals surface area contributed by atoms with E-state index in [1.54, 1.807) is 0 Å². The third kappa shape index (κ3) is 48.3. The Morgan fingerprint density at radius 3 is 1.03 bits per heavy atom. The molecule has 0 aromatic rings. The van der Waals surface area contributed by atoms with Crippen molar-refractivity contribution in [1.29, 1.82) is 0 Å². The van der Waals surface area contributed by atoms with Crippen molar-refractivity contribution < 1.29 is 28.6 Å². The fourth-order valence-corrected chi connectivity index (χ4v) is 7.39. The number of hydrogen-bond donors (Lipinski definition) is 0. The summed E-state index contributed by atoms with van der Waals surface area (Å²) < 4.78 is 16.8. The molecule has 0 spiro atoms. The van der Waals surface area contributed by atoms with Gasteiger partial charge in [0.1, 0.15) is 13.2 Å². The van der Waals surface area contributed by atoms with Crippen molar-refractivity contribution >= 4 is 17.9 Å². The van der Waals surface area contributed by atoms with Crippen LogP contribution < -0.4 is 0 Å². The van der Waals surface area contributed by atoms with E-state index in [1.807, 2.05) is 0 Å². The van der Waals surface area contributed by atoms with Crippen molar-refractivity contribution in [2.75, 3.05) is 13.2 Å². The summed E-state index contributed by atoms with van der Waals surface area (Å²) in [4.78, 5) is 38.0.